The molecule has 0 amide bonds. The lowest BCUT2D eigenvalue weighted by Gasteiger charge is -2.07. The summed E-state index contributed by atoms with van der Waals surface area (Å²) in [5.41, 5.74) is 0.942. The van der Waals surface area contributed by atoms with Crippen molar-refractivity contribution in [1.29, 1.82) is 0 Å². The molecule has 0 fully saturated rings. The third-order valence-corrected chi connectivity index (χ3v) is 2.89. The molecule has 1 rings (SSSR count). The van der Waals surface area contributed by atoms with Crippen molar-refractivity contribution in [2.45, 2.75) is 58.9 Å². The van der Waals surface area contributed by atoms with Gasteiger partial charge in [-0.05, 0) is 19.4 Å². The molecule has 0 aliphatic carbocycles. The van der Waals surface area contributed by atoms with Crippen LogP contribution in [0.15, 0.2) is 12.4 Å². The fourth-order valence-electron chi connectivity index (χ4n) is 1.82. The monoisotopic (exact) mass is 265 g/mol. The summed E-state index contributed by atoms with van der Waals surface area (Å²) >= 11 is 0. The predicted octanol–water partition coefficient (Wildman–Crippen LogP) is 3.33. The van der Waals surface area contributed by atoms with Gasteiger partial charge >= 0.3 is 0 Å². The Hall–Kier alpha value is -1.16. The molecule has 108 valence electrons. The third kappa shape index (κ3) is 7.78. The predicted molar refractivity (Wildman–Crippen MR) is 78.3 cm³/mol. The molecule has 4 nitrogen and oxygen atoms in total. The minimum Gasteiger partial charge on any atom is -0.477 e. The van der Waals surface area contributed by atoms with E-state index in [-0.39, 0.29) is 0 Å². The number of nitrogens with zero attached hydrogens (tertiary/aromatic N) is 2. The van der Waals surface area contributed by atoms with Crippen molar-refractivity contribution in [3.05, 3.63) is 18.1 Å². The molecule has 0 aromatic carbocycles. The van der Waals surface area contributed by atoms with Gasteiger partial charge in [-0.2, -0.15) is 0 Å². The van der Waals surface area contributed by atoms with Gasteiger partial charge in [0.25, 0.3) is 0 Å². The number of unbranched alkanes of at least 4 members (excludes halogenated alkanes) is 4. The van der Waals surface area contributed by atoms with Gasteiger partial charge in [0.15, 0.2) is 0 Å². The van der Waals surface area contributed by atoms with Gasteiger partial charge in [-0.3, -0.25) is 4.98 Å². The Bertz CT molecular complexity index is 331. The Labute approximate surface area is 117 Å². The number of hydrogen-bond donors (Lipinski definition) is 1. The van der Waals surface area contributed by atoms with E-state index in [0.717, 1.165) is 38.2 Å². The summed E-state index contributed by atoms with van der Waals surface area (Å²) in [7, 11) is 0. The minimum absolute atomic E-state index is 0.645. The fraction of sp³-hybridized carbons (Fsp3) is 0.733. The maximum Gasteiger partial charge on any atom is 0.232 e. The average Bonchev–Trinajstić information content (AvgIpc) is 2.43. The zero-order chi connectivity index (χ0) is 13.8. The van der Waals surface area contributed by atoms with Gasteiger partial charge in [0, 0.05) is 12.7 Å². The molecule has 0 aliphatic rings. The SMILES string of the molecule is CCCCCCCOc1cncc(CNCCC)n1. The second-order valence-electron chi connectivity index (χ2n) is 4.79. The van der Waals surface area contributed by atoms with Crippen LogP contribution in [-0.2, 0) is 6.54 Å². The summed E-state index contributed by atoms with van der Waals surface area (Å²) in [6.07, 6.45) is 10.8. The summed E-state index contributed by atoms with van der Waals surface area (Å²) in [5, 5.41) is 3.31. The Morgan fingerprint density at radius 1 is 1.05 bits per heavy atom. The van der Waals surface area contributed by atoms with Crippen molar-refractivity contribution in [2.75, 3.05) is 13.2 Å². The van der Waals surface area contributed by atoms with E-state index in [1.807, 2.05) is 0 Å². The Kier molecular flexibility index (Phi) is 8.98. The topological polar surface area (TPSA) is 47.0 Å². The van der Waals surface area contributed by atoms with Gasteiger partial charge in [-0.25, -0.2) is 4.98 Å². The van der Waals surface area contributed by atoms with Crippen LogP contribution < -0.4 is 10.1 Å². The van der Waals surface area contributed by atoms with Crippen molar-refractivity contribution in [3.8, 4) is 5.88 Å². The van der Waals surface area contributed by atoms with Crippen LogP contribution >= 0.6 is 0 Å². The fourth-order valence-corrected chi connectivity index (χ4v) is 1.82. The standard InChI is InChI=1S/C15H27N3O/c1-3-5-6-7-8-10-19-15-13-17-12-14(18-15)11-16-9-4-2/h12-13,16H,3-11H2,1-2H3. The zero-order valence-corrected chi connectivity index (χ0v) is 12.3. The molecule has 0 saturated heterocycles. The first-order chi connectivity index (χ1) is 9.36. The highest BCUT2D eigenvalue weighted by molar-refractivity contribution is 5.08. The van der Waals surface area contributed by atoms with Crippen LogP contribution in [0.3, 0.4) is 0 Å². The van der Waals surface area contributed by atoms with Crippen LogP contribution in [0.5, 0.6) is 5.88 Å². The van der Waals surface area contributed by atoms with Gasteiger partial charge in [0.1, 0.15) is 0 Å². The lowest BCUT2D eigenvalue weighted by molar-refractivity contribution is 0.291. The smallest absolute Gasteiger partial charge is 0.232 e. The average molecular weight is 265 g/mol. The van der Waals surface area contributed by atoms with Crippen LogP contribution in [0.2, 0.25) is 0 Å². The molecule has 0 saturated carbocycles. The highest BCUT2D eigenvalue weighted by atomic mass is 16.5. The quantitative estimate of drug-likeness (QED) is 0.623. The third-order valence-electron chi connectivity index (χ3n) is 2.89. The molecule has 0 radical (unpaired) electrons. The highest BCUT2D eigenvalue weighted by Crippen LogP contribution is 2.07. The summed E-state index contributed by atoms with van der Waals surface area (Å²) in [4.78, 5) is 8.60. The van der Waals surface area contributed by atoms with Gasteiger partial charge in [0.05, 0.1) is 18.5 Å². The Balaban J connectivity index is 2.20. The van der Waals surface area contributed by atoms with Gasteiger partial charge in [-0.1, -0.05) is 39.5 Å². The van der Waals surface area contributed by atoms with Crippen molar-refractivity contribution in [1.82, 2.24) is 15.3 Å². The maximum atomic E-state index is 5.63. The molecule has 4 heteroatoms. The van der Waals surface area contributed by atoms with Crippen LogP contribution in [0.1, 0.15) is 58.1 Å². The number of hydrogen-bond acceptors (Lipinski definition) is 4. The summed E-state index contributed by atoms with van der Waals surface area (Å²) in [6.45, 7) is 6.88. The van der Waals surface area contributed by atoms with E-state index in [1.165, 1.54) is 25.7 Å². The molecule has 0 spiro atoms. The number of rotatable bonds is 11. The van der Waals surface area contributed by atoms with Gasteiger partial charge in [-0.15, -0.1) is 0 Å². The highest BCUT2D eigenvalue weighted by Gasteiger charge is 1.99. The van der Waals surface area contributed by atoms with E-state index in [9.17, 15) is 0 Å². The molecule has 1 N–H and O–H groups in total. The molecule has 0 aliphatic heterocycles. The Morgan fingerprint density at radius 3 is 2.68 bits per heavy atom. The van der Waals surface area contributed by atoms with Crippen molar-refractivity contribution >= 4 is 0 Å². The van der Waals surface area contributed by atoms with E-state index < -0.39 is 0 Å². The first kappa shape index (κ1) is 15.9. The van der Waals surface area contributed by atoms with E-state index in [2.05, 4.69) is 29.1 Å². The summed E-state index contributed by atoms with van der Waals surface area (Å²) in [6, 6.07) is 0. The molecule has 1 aromatic heterocycles. The first-order valence-corrected chi connectivity index (χ1v) is 7.51. The molecule has 1 aromatic rings. The maximum absolute atomic E-state index is 5.63. The van der Waals surface area contributed by atoms with Crippen molar-refractivity contribution in [3.63, 3.8) is 0 Å². The summed E-state index contributed by atoms with van der Waals surface area (Å²) < 4.78 is 5.63. The van der Waals surface area contributed by atoms with E-state index >= 15 is 0 Å². The van der Waals surface area contributed by atoms with Crippen molar-refractivity contribution < 1.29 is 4.74 Å². The second-order valence-corrected chi connectivity index (χ2v) is 4.79. The van der Waals surface area contributed by atoms with Gasteiger partial charge in [0.2, 0.25) is 5.88 Å². The summed E-state index contributed by atoms with van der Waals surface area (Å²) in [5.74, 6) is 0.645. The number of nitrogens with one attached hydrogen (secondary N) is 1. The molecule has 0 bridgehead atoms. The molecule has 1 heterocycles. The van der Waals surface area contributed by atoms with Crippen LogP contribution in [0.4, 0.5) is 0 Å². The minimum atomic E-state index is 0.645. The van der Waals surface area contributed by atoms with Crippen molar-refractivity contribution in [2.24, 2.45) is 0 Å². The van der Waals surface area contributed by atoms with Crippen LogP contribution in [0, 0.1) is 0 Å². The zero-order valence-electron chi connectivity index (χ0n) is 12.3. The normalized spacial score (nSPS) is 10.6. The Morgan fingerprint density at radius 2 is 1.89 bits per heavy atom. The molecular weight excluding hydrogens is 238 g/mol. The van der Waals surface area contributed by atoms with E-state index in [4.69, 9.17) is 4.74 Å². The molecule has 0 atom stereocenters. The first-order valence-electron chi connectivity index (χ1n) is 7.51. The van der Waals surface area contributed by atoms with E-state index in [1.54, 1.807) is 12.4 Å². The largest absolute Gasteiger partial charge is 0.477 e. The van der Waals surface area contributed by atoms with Crippen LogP contribution in [-0.4, -0.2) is 23.1 Å². The number of ether oxygens (including phenoxy) is 1. The number of aromatic nitrogens is 2. The molecule has 0 unspecified atom stereocenters. The van der Waals surface area contributed by atoms with E-state index in [0.29, 0.717) is 5.88 Å². The lowest BCUT2D eigenvalue weighted by Crippen LogP contribution is -2.15. The van der Waals surface area contributed by atoms with Gasteiger partial charge < -0.3 is 10.1 Å². The molecular formula is C15H27N3O. The second kappa shape index (κ2) is 10.7. The molecule has 19 heavy (non-hydrogen) atoms. The lowest BCUT2D eigenvalue weighted by atomic mass is 10.2. The van der Waals surface area contributed by atoms with Crippen LogP contribution in [0.25, 0.3) is 0 Å².